The van der Waals surface area contributed by atoms with Crippen molar-refractivity contribution in [2.24, 2.45) is 5.92 Å². The lowest BCUT2D eigenvalue weighted by molar-refractivity contribution is 0.0786. The van der Waals surface area contributed by atoms with Crippen molar-refractivity contribution in [2.75, 3.05) is 26.0 Å². The molecule has 17 heavy (non-hydrogen) atoms. The van der Waals surface area contributed by atoms with E-state index in [0.717, 1.165) is 5.69 Å². The highest BCUT2D eigenvalue weighted by molar-refractivity contribution is 5.99. The van der Waals surface area contributed by atoms with Crippen LogP contribution in [0.4, 0.5) is 5.69 Å². The number of hydrogen-bond donors (Lipinski definition) is 1. The molecule has 1 N–H and O–H groups in total. The molecule has 1 aromatic rings. The maximum absolute atomic E-state index is 12.2. The first kappa shape index (κ1) is 13.0. The van der Waals surface area contributed by atoms with Gasteiger partial charge in [-0.1, -0.05) is 12.1 Å². The predicted octanol–water partition coefficient (Wildman–Crippen LogP) is 1.96. The Hall–Kier alpha value is -2.02. The average Bonchev–Trinajstić information content (AvgIpc) is 2.37. The second kappa shape index (κ2) is 5.90. The maximum atomic E-state index is 12.2. The van der Waals surface area contributed by atoms with Gasteiger partial charge < -0.3 is 10.2 Å². The highest BCUT2D eigenvalue weighted by Gasteiger charge is 2.16. The molecule has 1 aromatic carbocycles. The number of amides is 1. The van der Waals surface area contributed by atoms with Crippen molar-refractivity contribution in [1.82, 2.24) is 4.90 Å². The van der Waals surface area contributed by atoms with Crippen LogP contribution in [0.3, 0.4) is 0 Å². The number of hydrogen-bond acceptors (Lipinski definition) is 3. The summed E-state index contributed by atoms with van der Waals surface area (Å²) in [6, 6.07) is 9.46. The molecule has 0 aromatic heterocycles. The van der Waals surface area contributed by atoms with Crippen LogP contribution in [0.1, 0.15) is 17.3 Å². The maximum Gasteiger partial charge on any atom is 0.255 e. The Kier molecular flexibility index (Phi) is 4.53. The number of nitrogens with one attached hydrogen (secondary N) is 1. The molecule has 0 heterocycles. The van der Waals surface area contributed by atoms with Gasteiger partial charge in [0.15, 0.2) is 0 Å². The van der Waals surface area contributed by atoms with Crippen LogP contribution in [0.15, 0.2) is 24.3 Å². The van der Waals surface area contributed by atoms with E-state index in [1.165, 1.54) is 0 Å². The molecule has 0 aliphatic heterocycles. The summed E-state index contributed by atoms with van der Waals surface area (Å²) >= 11 is 0. The van der Waals surface area contributed by atoms with Crippen molar-refractivity contribution in [3.05, 3.63) is 29.8 Å². The van der Waals surface area contributed by atoms with Crippen LogP contribution >= 0.6 is 0 Å². The lowest BCUT2D eigenvalue weighted by Crippen LogP contribution is -2.31. The van der Waals surface area contributed by atoms with Gasteiger partial charge in [-0.3, -0.25) is 4.79 Å². The largest absolute Gasteiger partial charge is 0.387 e. The summed E-state index contributed by atoms with van der Waals surface area (Å²) < 4.78 is 0. The van der Waals surface area contributed by atoms with E-state index in [0.29, 0.717) is 12.1 Å². The number of carbonyl (C=O) groups is 1. The molecule has 0 fully saturated rings. The molecule has 1 atom stereocenters. The summed E-state index contributed by atoms with van der Waals surface area (Å²) in [6.07, 6.45) is 0. The average molecular weight is 231 g/mol. The van der Waals surface area contributed by atoms with E-state index in [1.807, 2.05) is 18.2 Å². The summed E-state index contributed by atoms with van der Waals surface area (Å²) in [5, 5.41) is 11.7. The van der Waals surface area contributed by atoms with E-state index in [9.17, 15) is 4.79 Å². The zero-order valence-electron chi connectivity index (χ0n) is 10.4. The topological polar surface area (TPSA) is 56.1 Å². The lowest BCUT2D eigenvalue weighted by Gasteiger charge is -2.19. The van der Waals surface area contributed by atoms with E-state index in [1.54, 1.807) is 32.0 Å². The van der Waals surface area contributed by atoms with Gasteiger partial charge in [0.1, 0.15) is 0 Å². The lowest BCUT2D eigenvalue weighted by atomic mass is 10.1. The van der Waals surface area contributed by atoms with E-state index >= 15 is 0 Å². The quantitative estimate of drug-likeness (QED) is 0.861. The SMILES string of the molecule is CNc1ccccc1C(=O)N(C)CC(C)C#N. The first-order valence-electron chi connectivity index (χ1n) is 5.52. The molecular weight excluding hydrogens is 214 g/mol. The van der Waals surface area contributed by atoms with Gasteiger partial charge in [-0.2, -0.15) is 5.26 Å². The summed E-state index contributed by atoms with van der Waals surface area (Å²) in [5.41, 5.74) is 1.43. The Morgan fingerprint density at radius 2 is 2.18 bits per heavy atom. The minimum Gasteiger partial charge on any atom is -0.387 e. The molecule has 0 saturated carbocycles. The van der Waals surface area contributed by atoms with Crippen LogP contribution in [0, 0.1) is 17.2 Å². The Morgan fingerprint density at radius 1 is 1.53 bits per heavy atom. The number of carbonyl (C=O) groups excluding carboxylic acids is 1. The molecule has 0 aliphatic carbocycles. The van der Waals surface area contributed by atoms with Gasteiger partial charge in [-0.05, 0) is 19.1 Å². The fourth-order valence-corrected chi connectivity index (χ4v) is 1.63. The van der Waals surface area contributed by atoms with Crippen LogP contribution in [0.5, 0.6) is 0 Å². The highest BCUT2D eigenvalue weighted by Crippen LogP contribution is 2.16. The first-order valence-corrected chi connectivity index (χ1v) is 5.52. The summed E-state index contributed by atoms with van der Waals surface area (Å²) in [5.74, 6) is -0.234. The monoisotopic (exact) mass is 231 g/mol. The zero-order valence-corrected chi connectivity index (χ0v) is 10.4. The van der Waals surface area contributed by atoms with Crippen molar-refractivity contribution in [1.29, 1.82) is 5.26 Å². The third-order valence-corrected chi connectivity index (χ3v) is 2.54. The van der Waals surface area contributed by atoms with Gasteiger partial charge >= 0.3 is 0 Å². The number of anilines is 1. The number of benzene rings is 1. The normalized spacial score (nSPS) is 11.4. The van der Waals surface area contributed by atoms with Crippen molar-refractivity contribution < 1.29 is 4.79 Å². The summed E-state index contributed by atoms with van der Waals surface area (Å²) in [6.45, 7) is 2.24. The molecule has 0 bridgehead atoms. The molecule has 1 amide bonds. The van der Waals surface area contributed by atoms with Crippen LogP contribution in [0.2, 0.25) is 0 Å². The number of nitrogens with zero attached hydrogens (tertiary/aromatic N) is 2. The van der Waals surface area contributed by atoms with Crippen LogP contribution < -0.4 is 5.32 Å². The summed E-state index contributed by atoms with van der Waals surface area (Å²) in [4.78, 5) is 13.7. The molecule has 0 aliphatic rings. The zero-order chi connectivity index (χ0) is 12.8. The smallest absolute Gasteiger partial charge is 0.255 e. The Morgan fingerprint density at radius 3 is 2.76 bits per heavy atom. The van der Waals surface area contributed by atoms with E-state index in [4.69, 9.17) is 5.26 Å². The number of nitriles is 1. The van der Waals surface area contributed by atoms with E-state index in [2.05, 4.69) is 11.4 Å². The molecule has 4 heteroatoms. The fourth-order valence-electron chi connectivity index (χ4n) is 1.63. The first-order chi connectivity index (χ1) is 8.10. The molecule has 1 rings (SSSR count). The molecule has 1 unspecified atom stereocenters. The Balaban J connectivity index is 2.86. The minimum absolute atomic E-state index is 0.0722. The predicted molar refractivity (Wildman–Crippen MR) is 67.7 cm³/mol. The van der Waals surface area contributed by atoms with Crippen LogP contribution in [-0.2, 0) is 0 Å². The van der Waals surface area contributed by atoms with Crippen molar-refractivity contribution in [3.8, 4) is 6.07 Å². The number of rotatable bonds is 4. The Labute approximate surface area is 102 Å². The van der Waals surface area contributed by atoms with Crippen molar-refractivity contribution in [3.63, 3.8) is 0 Å². The molecule has 0 radical (unpaired) electrons. The van der Waals surface area contributed by atoms with Crippen molar-refractivity contribution in [2.45, 2.75) is 6.92 Å². The summed E-state index contributed by atoms with van der Waals surface area (Å²) in [7, 11) is 3.49. The molecule has 0 saturated heterocycles. The second-order valence-electron chi connectivity index (χ2n) is 4.01. The third kappa shape index (κ3) is 3.22. The highest BCUT2D eigenvalue weighted by atomic mass is 16.2. The minimum atomic E-state index is -0.161. The third-order valence-electron chi connectivity index (χ3n) is 2.54. The van der Waals surface area contributed by atoms with Gasteiger partial charge in [0.2, 0.25) is 0 Å². The molecular formula is C13H17N3O. The molecule has 90 valence electrons. The van der Waals surface area contributed by atoms with Gasteiger partial charge in [-0.15, -0.1) is 0 Å². The van der Waals surface area contributed by atoms with Gasteiger partial charge in [0.25, 0.3) is 5.91 Å². The second-order valence-corrected chi connectivity index (χ2v) is 4.01. The standard InChI is InChI=1S/C13H17N3O/c1-10(8-14)9-16(3)13(17)11-6-4-5-7-12(11)15-2/h4-7,10,15H,9H2,1-3H3. The fraction of sp³-hybridized carbons (Fsp3) is 0.385. The van der Waals surface area contributed by atoms with Crippen LogP contribution in [0.25, 0.3) is 0 Å². The van der Waals surface area contributed by atoms with E-state index < -0.39 is 0 Å². The number of para-hydroxylation sites is 1. The van der Waals surface area contributed by atoms with E-state index in [-0.39, 0.29) is 11.8 Å². The van der Waals surface area contributed by atoms with Crippen molar-refractivity contribution >= 4 is 11.6 Å². The molecule has 4 nitrogen and oxygen atoms in total. The van der Waals surface area contributed by atoms with Gasteiger partial charge in [0.05, 0.1) is 17.6 Å². The Bertz CT molecular complexity index is 437. The molecule has 0 spiro atoms. The van der Waals surface area contributed by atoms with Gasteiger partial charge in [-0.25, -0.2) is 0 Å². The van der Waals surface area contributed by atoms with Crippen LogP contribution in [-0.4, -0.2) is 31.4 Å². The van der Waals surface area contributed by atoms with Gasteiger partial charge in [0, 0.05) is 26.3 Å².